The number of halogens is 1. The molecule has 0 bridgehead atoms. The minimum Gasteiger partial charge on any atom is -0.496 e. The van der Waals surface area contributed by atoms with Gasteiger partial charge in [-0.2, -0.15) is 0 Å². The maximum absolute atomic E-state index is 9.24. The normalized spacial score (nSPS) is 10.4. The monoisotopic (exact) mass is 283 g/mol. The first-order valence-corrected chi connectivity index (χ1v) is 6.68. The molecule has 0 saturated heterocycles. The molecule has 0 aliphatic rings. The number of anilines is 1. The van der Waals surface area contributed by atoms with Gasteiger partial charge in [-0.1, -0.05) is 11.6 Å². The quantitative estimate of drug-likeness (QED) is 0.882. The van der Waals surface area contributed by atoms with E-state index in [-0.39, 0.29) is 6.61 Å². The number of aliphatic hydroxyl groups excluding tert-OH is 1. The van der Waals surface area contributed by atoms with Gasteiger partial charge >= 0.3 is 0 Å². The van der Waals surface area contributed by atoms with Crippen LogP contribution in [-0.2, 0) is 13.2 Å². The second-order valence-corrected chi connectivity index (χ2v) is 5.54. The first kappa shape index (κ1) is 13.2. The maximum atomic E-state index is 9.24. The van der Waals surface area contributed by atoms with Crippen molar-refractivity contribution in [1.82, 2.24) is 0 Å². The van der Waals surface area contributed by atoms with Crippen LogP contribution in [0.25, 0.3) is 0 Å². The van der Waals surface area contributed by atoms with Gasteiger partial charge in [0.1, 0.15) is 5.75 Å². The summed E-state index contributed by atoms with van der Waals surface area (Å²) in [6, 6.07) is 9.53. The number of hydrogen-bond acceptors (Lipinski definition) is 4. The van der Waals surface area contributed by atoms with Gasteiger partial charge in [0.2, 0.25) is 0 Å². The van der Waals surface area contributed by atoms with E-state index in [0.29, 0.717) is 12.3 Å². The van der Waals surface area contributed by atoms with Crippen molar-refractivity contribution in [2.45, 2.75) is 13.2 Å². The Labute approximate surface area is 115 Å². The Kier molecular flexibility index (Phi) is 4.47. The summed E-state index contributed by atoms with van der Waals surface area (Å²) in [6.45, 7) is 0.679. The second-order valence-electron chi connectivity index (χ2n) is 3.74. The number of nitrogens with one attached hydrogen (secondary N) is 1. The smallest absolute Gasteiger partial charge is 0.124 e. The SMILES string of the molecule is COc1ccc(NCc2ccc(Cl)s2)cc1CO. The molecular formula is C13H14ClNO2S. The Balaban J connectivity index is 2.05. The van der Waals surface area contributed by atoms with E-state index < -0.39 is 0 Å². The molecule has 96 valence electrons. The maximum Gasteiger partial charge on any atom is 0.124 e. The Morgan fingerprint density at radius 2 is 2.17 bits per heavy atom. The van der Waals surface area contributed by atoms with Crippen LogP contribution in [0.1, 0.15) is 10.4 Å². The molecule has 3 nitrogen and oxygen atoms in total. The topological polar surface area (TPSA) is 41.5 Å². The van der Waals surface area contributed by atoms with Crippen LogP contribution in [0.15, 0.2) is 30.3 Å². The minimum absolute atomic E-state index is 0.0382. The summed E-state index contributed by atoms with van der Waals surface area (Å²) in [5, 5.41) is 12.5. The summed E-state index contributed by atoms with van der Waals surface area (Å²) in [5.74, 6) is 0.696. The van der Waals surface area contributed by atoms with Crippen molar-refractivity contribution in [2.75, 3.05) is 12.4 Å². The molecule has 2 N–H and O–H groups in total. The summed E-state index contributed by atoms with van der Waals surface area (Å²) in [4.78, 5) is 1.17. The average molecular weight is 284 g/mol. The van der Waals surface area contributed by atoms with Gasteiger partial charge in [0, 0.05) is 22.7 Å². The van der Waals surface area contributed by atoms with Crippen LogP contribution in [0, 0.1) is 0 Å². The highest BCUT2D eigenvalue weighted by molar-refractivity contribution is 7.16. The number of benzene rings is 1. The van der Waals surface area contributed by atoms with Crippen LogP contribution in [0.2, 0.25) is 4.34 Å². The molecule has 1 heterocycles. The number of aliphatic hydroxyl groups is 1. The molecule has 0 saturated carbocycles. The largest absolute Gasteiger partial charge is 0.496 e. The highest BCUT2D eigenvalue weighted by Gasteiger charge is 2.04. The molecule has 0 radical (unpaired) electrons. The van der Waals surface area contributed by atoms with Gasteiger partial charge in [-0.15, -0.1) is 11.3 Å². The van der Waals surface area contributed by atoms with Gasteiger partial charge in [-0.3, -0.25) is 0 Å². The van der Waals surface area contributed by atoms with E-state index in [9.17, 15) is 5.11 Å². The molecule has 2 aromatic rings. The van der Waals surface area contributed by atoms with Gasteiger partial charge in [0.05, 0.1) is 18.1 Å². The molecule has 0 amide bonds. The molecule has 18 heavy (non-hydrogen) atoms. The van der Waals surface area contributed by atoms with Crippen molar-refractivity contribution in [2.24, 2.45) is 0 Å². The number of thiophene rings is 1. The van der Waals surface area contributed by atoms with E-state index in [1.807, 2.05) is 30.3 Å². The molecule has 0 spiro atoms. The third kappa shape index (κ3) is 3.16. The number of rotatable bonds is 5. The standard InChI is InChI=1S/C13H14ClNO2S/c1-17-12-4-2-10(6-9(12)8-16)15-7-11-3-5-13(14)18-11/h2-6,15-16H,7-8H2,1H3. The zero-order chi connectivity index (χ0) is 13.0. The molecule has 2 rings (SSSR count). The molecule has 1 aromatic carbocycles. The zero-order valence-corrected chi connectivity index (χ0v) is 11.5. The van der Waals surface area contributed by atoms with Gasteiger partial charge in [0.25, 0.3) is 0 Å². The summed E-state index contributed by atoms with van der Waals surface area (Å²) in [7, 11) is 1.59. The minimum atomic E-state index is -0.0382. The van der Waals surface area contributed by atoms with Crippen molar-refractivity contribution < 1.29 is 9.84 Å². The van der Waals surface area contributed by atoms with Crippen molar-refractivity contribution in [1.29, 1.82) is 0 Å². The van der Waals surface area contributed by atoms with E-state index >= 15 is 0 Å². The zero-order valence-electron chi connectivity index (χ0n) is 9.94. The van der Waals surface area contributed by atoms with Gasteiger partial charge in [-0.05, 0) is 30.3 Å². The average Bonchev–Trinajstić information content (AvgIpc) is 2.81. The summed E-state index contributed by atoms with van der Waals surface area (Å²) < 4.78 is 5.94. The van der Waals surface area contributed by atoms with Gasteiger partial charge in [-0.25, -0.2) is 0 Å². The second kappa shape index (κ2) is 6.09. The van der Waals surface area contributed by atoms with Crippen LogP contribution in [0.3, 0.4) is 0 Å². The fourth-order valence-corrected chi connectivity index (χ4v) is 2.68. The predicted molar refractivity (Wildman–Crippen MR) is 75.6 cm³/mol. The molecule has 5 heteroatoms. The van der Waals surface area contributed by atoms with E-state index in [0.717, 1.165) is 15.6 Å². The fourth-order valence-electron chi connectivity index (χ4n) is 1.65. The van der Waals surface area contributed by atoms with E-state index in [1.165, 1.54) is 4.88 Å². The predicted octanol–water partition coefficient (Wildman–Crippen LogP) is 3.51. The molecule has 0 fully saturated rings. The fraction of sp³-hybridized carbons (Fsp3) is 0.231. The summed E-state index contributed by atoms with van der Waals surface area (Å²) in [5.41, 5.74) is 1.72. The number of methoxy groups -OCH3 is 1. The Morgan fingerprint density at radius 1 is 1.33 bits per heavy atom. The lowest BCUT2D eigenvalue weighted by molar-refractivity contribution is 0.274. The van der Waals surface area contributed by atoms with Crippen molar-refractivity contribution in [3.63, 3.8) is 0 Å². The third-order valence-corrected chi connectivity index (χ3v) is 3.78. The van der Waals surface area contributed by atoms with Crippen LogP contribution in [0.5, 0.6) is 5.75 Å². The molecule has 0 atom stereocenters. The Morgan fingerprint density at radius 3 is 2.78 bits per heavy atom. The van der Waals surface area contributed by atoms with Crippen molar-refractivity contribution in [3.05, 3.63) is 45.1 Å². The lowest BCUT2D eigenvalue weighted by Crippen LogP contribution is -1.99. The Bertz CT molecular complexity index is 527. The first-order valence-electron chi connectivity index (χ1n) is 5.49. The first-order chi connectivity index (χ1) is 8.72. The van der Waals surface area contributed by atoms with Gasteiger partial charge in [0.15, 0.2) is 0 Å². The molecule has 1 aromatic heterocycles. The van der Waals surface area contributed by atoms with E-state index in [1.54, 1.807) is 18.4 Å². The lowest BCUT2D eigenvalue weighted by Gasteiger charge is -2.10. The number of ether oxygens (including phenoxy) is 1. The summed E-state index contributed by atoms with van der Waals surface area (Å²) in [6.07, 6.45) is 0. The van der Waals surface area contributed by atoms with Crippen LogP contribution < -0.4 is 10.1 Å². The van der Waals surface area contributed by atoms with Crippen LogP contribution >= 0.6 is 22.9 Å². The van der Waals surface area contributed by atoms with Gasteiger partial charge < -0.3 is 15.2 Å². The molecule has 0 aliphatic carbocycles. The lowest BCUT2D eigenvalue weighted by atomic mass is 10.2. The van der Waals surface area contributed by atoms with Crippen molar-refractivity contribution >= 4 is 28.6 Å². The molecule has 0 unspecified atom stereocenters. The molecule has 0 aliphatic heterocycles. The number of hydrogen-bond donors (Lipinski definition) is 2. The van der Waals surface area contributed by atoms with Crippen molar-refractivity contribution in [3.8, 4) is 5.75 Å². The van der Waals surface area contributed by atoms with E-state index in [2.05, 4.69) is 5.32 Å². The highest BCUT2D eigenvalue weighted by Crippen LogP contribution is 2.25. The Hall–Kier alpha value is -1.23. The highest BCUT2D eigenvalue weighted by atomic mass is 35.5. The summed E-state index contributed by atoms with van der Waals surface area (Å²) >= 11 is 7.42. The van der Waals surface area contributed by atoms with Crippen LogP contribution in [0.4, 0.5) is 5.69 Å². The van der Waals surface area contributed by atoms with Crippen LogP contribution in [-0.4, -0.2) is 12.2 Å². The molecular weight excluding hydrogens is 270 g/mol. The third-order valence-electron chi connectivity index (χ3n) is 2.55. The van der Waals surface area contributed by atoms with E-state index in [4.69, 9.17) is 16.3 Å².